The summed E-state index contributed by atoms with van der Waals surface area (Å²) in [7, 11) is 0. The van der Waals surface area contributed by atoms with Crippen molar-refractivity contribution in [3.63, 3.8) is 0 Å². The molecule has 0 aliphatic carbocycles. The first-order valence-electron chi connectivity index (χ1n) is 5.45. The van der Waals surface area contributed by atoms with Crippen molar-refractivity contribution in [3.8, 4) is 6.07 Å². The largest absolute Gasteiger partial charge is 0.481 e. The van der Waals surface area contributed by atoms with E-state index < -0.39 is 43.0 Å². The van der Waals surface area contributed by atoms with Gasteiger partial charge in [0.1, 0.15) is 0 Å². The number of rotatable bonds is 4. The average molecular weight is 279 g/mol. The summed E-state index contributed by atoms with van der Waals surface area (Å²) in [4.78, 5) is 23.2. The number of carboxylic acids is 1. The van der Waals surface area contributed by atoms with E-state index in [2.05, 4.69) is 5.32 Å². The number of nitrogens with one attached hydrogen (secondary N) is 1. The second-order valence-corrected chi connectivity index (χ2v) is 4.12. The molecule has 0 aromatic heterocycles. The van der Waals surface area contributed by atoms with Gasteiger partial charge in [-0.2, -0.15) is 18.4 Å². The topological polar surface area (TPSA) is 93.4 Å². The van der Waals surface area contributed by atoms with Crippen LogP contribution in [0.2, 0.25) is 0 Å². The summed E-state index contributed by atoms with van der Waals surface area (Å²) in [5, 5.41) is 19.6. The van der Waals surface area contributed by atoms with E-state index in [0.717, 1.165) is 11.0 Å². The molecule has 1 aliphatic rings. The molecule has 19 heavy (non-hydrogen) atoms. The first-order chi connectivity index (χ1) is 8.75. The standard InChI is InChI=1S/C10H12F3N3O3/c11-10(12,13)6(4-14)5-16-2-1-15-9(19)7(16)3-8(17)18/h6-7H,1-3,5H2,(H,15,19)(H,17,18). The average Bonchev–Trinajstić information content (AvgIpc) is 2.27. The smallest absolute Gasteiger partial charge is 0.405 e. The summed E-state index contributed by atoms with van der Waals surface area (Å²) < 4.78 is 37.5. The van der Waals surface area contributed by atoms with Gasteiger partial charge >= 0.3 is 12.1 Å². The predicted molar refractivity (Wildman–Crippen MR) is 55.8 cm³/mol. The molecule has 9 heteroatoms. The molecule has 2 N–H and O–H groups in total. The number of carbonyl (C=O) groups excluding carboxylic acids is 1. The summed E-state index contributed by atoms with van der Waals surface area (Å²) in [5.41, 5.74) is 0. The number of alkyl halides is 3. The molecule has 0 aromatic rings. The van der Waals surface area contributed by atoms with E-state index in [0.29, 0.717) is 0 Å². The van der Waals surface area contributed by atoms with Crippen LogP contribution in [0.3, 0.4) is 0 Å². The van der Waals surface area contributed by atoms with Crippen molar-refractivity contribution in [3.05, 3.63) is 0 Å². The monoisotopic (exact) mass is 279 g/mol. The molecular weight excluding hydrogens is 267 g/mol. The number of amides is 1. The van der Waals surface area contributed by atoms with Crippen LogP contribution in [-0.2, 0) is 9.59 Å². The van der Waals surface area contributed by atoms with Crippen LogP contribution >= 0.6 is 0 Å². The molecule has 1 aliphatic heterocycles. The zero-order valence-electron chi connectivity index (χ0n) is 9.78. The number of piperazine rings is 1. The van der Waals surface area contributed by atoms with E-state index in [1.165, 1.54) is 0 Å². The first-order valence-corrected chi connectivity index (χ1v) is 5.45. The molecule has 2 atom stereocenters. The third-order valence-corrected chi connectivity index (χ3v) is 2.78. The molecule has 0 aromatic carbocycles. The number of aliphatic carboxylic acids is 1. The highest BCUT2D eigenvalue weighted by molar-refractivity contribution is 5.86. The molecule has 1 fully saturated rings. The Bertz CT molecular complexity index is 405. The lowest BCUT2D eigenvalue weighted by molar-refractivity contribution is -0.167. The summed E-state index contributed by atoms with van der Waals surface area (Å²) in [6.07, 6.45) is -5.29. The molecule has 1 amide bonds. The maximum absolute atomic E-state index is 12.5. The number of nitriles is 1. The zero-order chi connectivity index (χ0) is 14.6. The fourth-order valence-corrected chi connectivity index (χ4v) is 1.82. The van der Waals surface area contributed by atoms with E-state index in [4.69, 9.17) is 10.4 Å². The van der Waals surface area contributed by atoms with E-state index in [9.17, 15) is 22.8 Å². The molecule has 1 heterocycles. The van der Waals surface area contributed by atoms with Crippen molar-refractivity contribution in [1.82, 2.24) is 10.2 Å². The quantitative estimate of drug-likeness (QED) is 0.753. The number of nitrogens with zero attached hydrogens (tertiary/aromatic N) is 2. The van der Waals surface area contributed by atoms with Gasteiger partial charge in [-0.3, -0.25) is 14.5 Å². The Kier molecular flexibility index (Phi) is 4.72. The lowest BCUT2D eigenvalue weighted by atomic mass is 10.0. The SMILES string of the molecule is N#CC(CN1CCNC(=O)C1CC(=O)O)C(F)(F)F. The van der Waals surface area contributed by atoms with Crippen LogP contribution in [-0.4, -0.2) is 53.7 Å². The van der Waals surface area contributed by atoms with Crippen LogP contribution < -0.4 is 5.32 Å². The summed E-state index contributed by atoms with van der Waals surface area (Å²) in [6, 6.07) is -0.0442. The zero-order valence-corrected chi connectivity index (χ0v) is 9.78. The number of hydrogen-bond acceptors (Lipinski definition) is 4. The van der Waals surface area contributed by atoms with Crippen LogP contribution in [0, 0.1) is 17.2 Å². The molecule has 106 valence electrons. The summed E-state index contributed by atoms with van der Waals surface area (Å²) in [6.45, 7) is -0.492. The van der Waals surface area contributed by atoms with Crippen LogP contribution in [0.15, 0.2) is 0 Å². The maximum atomic E-state index is 12.5. The van der Waals surface area contributed by atoms with Crippen LogP contribution in [0.1, 0.15) is 6.42 Å². The Morgan fingerprint density at radius 3 is 2.74 bits per heavy atom. The van der Waals surface area contributed by atoms with Crippen molar-refractivity contribution in [2.45, 2.75) is 18.6 Å². The molecule has 0 bridgehead atoms. The van der Waals surface area contributed by atoms with Gasteiger partial charge in [-0.15, -0.1) is 0 Å². The predicted octanol–water partition coefficient (Wildman–Crippen LogP) is -0.0364. The number of carboxylic acid groups (broad SMARTS) is 1. The van der Waals surface area contributed by atoms with Gasteiger partial charge in [0.2, 0.25) is 5.91 Å². The van der Waals surface area contributed by atoms with E-state index in [1.54, 1.807) is 0 Å². The van der Waals surface area contributed by atoms with Crippen LogP contribution in [0.25, 0.3) is 0 Å². The van der Waals surface area contributed by atoms with Crippen molar-refractivity contribution < 1.29 is 27.9 Å². The van der Waals surface area contributed by atoms with Crippen molar-refractivity contribution in [2.75, 3.05) is 19.6 Å². The van der Waals surface area contributed by atoms with Gasteiger partial charge in [-0.25, -0.2) is 0 Å². The Balaban J connectivity index is 2.80. The van der Waals surface area contributed by atoms with Gasteiger partial charge in [0.05, 0.1) is 18.5 Å². The van der Waals surface area contributed by atoms with Crippen molar-refractivity contribution in [1.29, 1.82) is 5.26 Å². The third-order valence-electron chi connectivity index (χ3n) is 2.78. The highest BCUT2D eigenvalue weighted by Crippen LogP contribution is 2.27. The second-order valence-electron chi connectivity index (χ2n) is 4.12. The van der Waals surface area contributed by atoms with E-state index in [1.807, 2.05) is 0 Å². The third kappa shape index (κ3) is 4.10. The Hall–Kier alpha value is -1.82. The second kappa shape index (κ2) is 5.88. The number of halogens is 3. The van der Waals surface area contributed by atoms with Crippen LogP contribution in [0.5, 0.6) is 0 Å². The van der Waals surface area contributed by atoms with Crippen LogP contribution in [0.4, 0.5) is 13.2 Å². The lowest BCUT2D eigenvalue weighted by Crippen LogP contribution is -2.57. The fourth-order valence-electron chi connectivity index (χ4n) is 1.82. The molecule has 0 radical (unpaired) electrons. The molecule has 0 saturated carbocycles. The van der Waals surface area contributed by atoms with E-state index in [-0.39, 0.29) is 13.1 Å². The minimum absolute atomic E-state index is 0.0813. The molecule has 1 rings (SSSR count). The minimum Gasteiger partial charge on any atom is -0.481 e. The highest BCUT2D eigenvalue weighted by atomic mass is 19.4. The Morgan fingerprint density at radius 1 is 1.63 bits per heavy atom. The number of carbonyl (C=O) groups is 2. The first kappa shape index (κ1) is 15.2. The normalized spacial score (nSPS) is 22.4. The molecular formula is C10H12F3N3O3. The van der Waals surface area contributed by atoms with E-state index >= 15 is 0 Å². The van der Waals surface area contributed by atoms with Gasteiger partial charge in [0.25, 0.3) is 0 Å². The van der Waals surface area contributed by atoms with Gasteiger partial charge in [0.15, 0.2) is 5.92 Å². The van der Waals surface area contributed by atoms with Gasteiger partial charge in [-0.05, 0) is 0 Å². The van der Waals surface area contributed by atoms with Crippen molar-refractivity contribution in [2.24, 2.45) is 5.92 Å². The Labute approximate surface area is 106 Å². The Morgan fingerprint density at radius 2 is 2.26 bits per heavy atom. The van der Waals surface area contributed by atoms with Gasteiger partial charge in [0, 0.05) is 19.6 Å². The highest BCUT2D eigenvalue weighted by Gasteiger charge is 2.43. The minimum atomic E-state index is -4.70. The lowest BCUT2D eigenvalue weighted by Gasteiger charge is -2.35. The summed E-state index contributed by atoms with van der Waals surface area (Å²) in [5.74, 6) is -4.16. The molecule has 6 nitrogen and oxygen atoms in total. The molecule has 1 saturated heterocycles. The van der Waals surface area contributed by atoms with Crippen molar-refractivity contribution >= 4 is 11.9 Å². The summed E-state index contributed by atoms with van der Waals surface area (Å²) >= 11 is 0. The molecule has 0 spiro atoms. The fraction of sp³-hybridized carbons (Fsp3) is 0.700. The number of hydrogen-bond donors (Lipinski definition) is 2. The maximum Gasteiger partial charge on any atom is 0.405 e. The van der Waals surface area contributed by atoms with Gasteiger partial charge in [-0.1, -0.05) is 0 Å². The molecule has 2 unspecified atom stereocenters. The van der Waals surface area contributed by atoms with Gasteiger partial charge < -0.3 is 10.4 Å².